The second kappa shape index (κ2) is 5.30. The molecular formula is C21H34O3. The molecule has 3 nitrogen and oxygen atoms in total. The van der Waals surface area contributed by atoms with Crippen LogP contribution in [0.25, 0.3) is 0 Å². The van der Waals surface area contributed by atoms with E-state index in [0.717, 1.165) is 57.8 Å². The number of fused-ring (bicyclic) bond motifs is 5. The summed E-state index contributed by atoms with van der Waals surface area (Å²) in [6.45, 7) is 6.35. The fraction of sp³-hybridized carbons (Fsp3) is 0.952. The number of rotatable bonds is 1. The van der Waals surface area contributed by atoms with Gasteiger partial charge in [0.05, 0.1) is 11.7 Å². The Balaban J connectivity index is 1.68. The van der Waals surface area contributed by atoms with Gasteiger partial charge in [-0.3, -0.25) is 4.79 Å². The van der Waals surface area contributed by atoms with E-state index in [0.29, 0.717) is 17.8 Å². The molecule has 136 valence electrons. The summed E-state index contributed by atoms with van der Waals surface area (Å²) >= 11 is 0. The largest absolute Gasteiger partial charge is 0.393 e. The van der Waals surface area contributed by atoms with Gasteiger partial charge in [0.2, 0.25) is 0 Å². The molecule has 0 bridgehead atoms. The van der Waals surface area contributed by atoms with E-state index < -0.39 is 5.60 Å². The van der Waals surface area contributed by atoms with Crippen molar-refractivity contribution in [1.29, 1.82) is 0 Å². The molecular weight excluding hydrogens is 300 g/mol. The molecule has 0 aromatic heterocycles. The van der Waals surface area contributed by atoms with Gasteiger partial charge in [0.1, 0.15) is 5.78 Å². The van der Waals surface area contributed by atoms with Crippen LogP contribution in [0.3, 0.4) is 0 Å². The second-order valence-electron chi connectivity index (χ2n) is 10.0. The molecule has 0 aromatic carbocycles. The first-order valence-corrected chi connectivity index (χ1v) is 10.1. The van der Waals surface area contributed by atoms with E-state index >= 15 is 0 Å². The minimum absolute atomic E-state index is 0.0437. The number of carbonyl (C=O) groups is 1. The van der Waals surface area contributed by atoms with E-state index in [1.807, 2.05) is 0 Å². The number of hydrogen-bond donors (Lipinski definition) is 2. The van der Waals surface area contributed by atoms with Gasteiger partial charge in [-0.05, 0) is 87.9 Å². The zero-order valence-corrected chi connectivity index (χ0v) is 15.6. The van der Waals surface area contributed by atoms with Crippen molar-refractivity contribution in [3.05, 3.63) is 0 Å². The smallest absolute Gasteiger partial charge is 0.133 e. The summed E-state index contributed by atoms with van der Waals surface area (Å²) in [6.07, 6.45) is 8.87. The fourth-order valence-corrected chi connectivity index (χ4v) is 7.85. The van der Waals surface area contributed by atoms with Gasteiger partial charge in [-0.2, -0.15) is 0 Å². The quantitative estimate of drug-likeness (QED) is 0.768. The maximum atomic E-state index is 12.2. The number of aliphatic hydroxyl groups excluding tert-OH is 1. The average molecular weight is 335 g/mol. The highest BCUT2D eigenvalue weighted by Gasteiger charge is 2.67. The third-order valence-electron chi connectivity index (χ3n) is 9.32. The van der Waals surface area contributed by atoms with Crippen LogP contribution in [0.4, 0.5) is 0 Å². The minimum atomic E-state index is -0.656. The zero-order valence-electron chi connectivity index (χ0n) is 15.6. The Morgan fingerprint density at radius 1 is 0.958 bits per heavy atom. The summed E-state index contributed by atoms with van der Waals surface area (Å²) < 4.78 is 0. The van der Waals surface area contributed by atoms with Crippen LogP contribution in [0.15, 0.2) is 0 Å². The molecule has 8 atom stereocenters. The summed E-state index contributed by atoms with van der Waals surface area (Å²) in [6, 6.07) is 0. The average Bonchev–Trinajstić information content (AvgIpc) is 2.80. The van der Waals surface area contributed by atoms with Gasteiger partial charge < -0.3 is 10.2 Å². The van der Waals surface area contributed by atoms with Crippen LogP contribution in [0.5, 0.6) is 0 Å². The summed E-state index contributed by atoms with van der Waals surface area (Å²) in [7, 11) is 0. The standard InChI is InChI=1S/C21H34O3/c1-13(22)16-8-11-21(24)18-5-4-14-12-15(23)6-9-19(14,2)17(18)7-10-20(16,21)3/h14-18,23-24H,4-12H2,1-3H3/t14-,15-,16+,17+,18+,19-,20+,21-/m0/s1. The first kappa shape index (κ1) is 17.0. The van der Waals surface area contributed by atoms with Crippen molar-refractivity contribution in [2.45, 2.75) is 90.3 Å². The number of carbonyl (C=O) groups excluding carboxylic acids is 1. The van der Waals surface area contributed by atoms with Crippen LogP contribution in [-0.4, -0.2) is 27.7 Å². The number of Topliss-reactive ketones (excluding diaryl/α,β-unsaturated/α-hetero) is 1. The first-order valence-electron chi connectivity index (χ1n) is 10.1. The Morgan fingerprint density at radius 3 is 2.42 bits per heavy atom. The van der Waals surface area contributed by atoms with Gasteiger partial charge in [0, 0.05) is 11.3 Å². The van der Waals surface area contributed by atoms with Gasteiger partial charge in [-0.15, -0.1) is 0 Å². The molecule has 4 fully saturated rings. The van der Waals surface area contributed by atoms with E-state index in [1.54, 1.807) is 6.92 Å². The molecule has 0 aliphatic heterocycles. The molecule has 0 aromatic rings. The highest BCUT2D eigenvalue weighted by molar-refractivity contribution is 5.80. The van der Waals surface area contributed by atoms with Crippen LogP contribution < -0.4 is 0 Å². The van der Waals surface area contributed by atoms with E-state index in [9.17, 15) is 15.0 Å². The molecule has 0 spiro atoms. The third kappa shape index (κ3) is 2.00. The van der Waals surface area contributed by atoms with Gasteiger partial charge >= 0.3 is 0 Å². The molecule has 24 heavy (non-hydrogen) atoms. The second-order valence-corrected chi connectivity index (χ2v) is 10.0. The molecule has 2 N–H and O–H groups in total. The number of aliphatic hydroxyl groups is 2. The monoisotopic (exact) mass is 334 g/mol. The van der Waals surface area contributed by atoms with Crippen LogP contribution in [0.2, 0.25) is 0 Å². The van der Waals surface area contributed by atoms with Crippen LogP contribution in [0, 0.1) is 34.5 Å². The van der Waals surface area contributed by atoms with E-state index in [2.05, 4.69) is 13.8 Å². The summed E-state index contributed by atoms with van der Waals surface area (Å²) in [5, 5.41) is 21.9. The molecule has 4 aliphatic rings. The van der Waals surface area contributed by atoms with Crippen molar-refractivity contribution in [1.82, 2.24) is 0 Å². The number of hydrogen-bond acceptors (Lipinski definition) is 3. The Kier molecular flexibility index (Phi) is 3.76. The fourth-order valence-electron chi connectivity index (χ4n) is 7.85. The Hall–Kier alpha value is -0.410. The van der Waals surface area contributed by atoms with Gasteiger partial charge in [0.25, 0.3) is 0 Å². The summed E-state index contributed by atoms with van der Waals surface area (Å²) in [5.74, 6) is 1.83. The maximum Gasteiger partial charge on any atom is 0.133 e. The van der Waals surface area contributed by atoms with Crippen molar-refractivity contribution >= 4 is 5.78 Å². The number of ketones is 1. The molecule has 0 heterocycles. The van der Waals surface area contributed by atoms with Gasteiger partial charge in [0.15, 0.2) is 0 Å². The highest BCUT2D eigenvalue weighted by atomic mass is 16.3. The molecule has 4 aliphatic carbocycles. The van der Waals surface area contributed by atoms with Crippen molar-refractivity contribution in [2.75, 3.05) is 0 Å². The minimum Gasteiger partial charge on any atom is -0.393 e. The third-order valence-corrected chi connectivity index (χ3v) is 9.32. The van der Waals surface area contributed by atoms with E-state index in [1.165, 1.54) is 0 Å². The predicted octanol–water partition coefficient (Wildman–Crippen LogP) is 3.71. The lowest BCUT2D eigenvalue weighted by Gasteiger charge is -2.63. The van der Waals surface area contributed by atoms with E-state index in [-0.39, 0.29) is 28.6 Å². The van der Waals surface area contributed by atoms with Gasteiger partial charge in [-0.25, -0.2) is 0 Å². The lowest BCUT2D eigenvalue weighted by atomic mass is 9.43. The SMILES string of the molecule is CC(=O)[C@H]1CC[C@]2(O)[C@@H]3CC[C@H]4C[C@@H](O)CC[C@]4(C)[C@@H]3CC[C@]12C. The first-order chi connectivity index (χ1) is 11.2. The van der Waals surface area contributed by atoms with Crippen LogP contribution >= 0.6 is 0 Å². The van der Waals surface area contributed by atoms with Crippen LogP contribution in [-0.2, 0) is 4.79 Å². The Morgan fingerprint density at radius 2 is 1.71 bits per heavy atom. The van der Waals surface area contributed by atoms with Crippen molar-refractivity contribution in [2.24, 2.45) is 34.5 Å². The van der Waals surface area contributed by atoms with Gasteiger partial charge in [-0.1, -0.05) is 13.8 Å². The Bertz CT molecular complexity index is 545. The molecule has 0 saturated heterocycles. The predicted molar refractivity (Wildman–Crippen MR) is 93.4 cm³/mol. The van der Waals surface area contributed by atoms with Crippen molar-refractivity contribution in [3.63, 3.8) is 0 Å². The molecule has 0 radical (unpaired) electrons. The molecule has 4 saturated carbocycles. The topological polar surface area (TPSA) is 57.5 Å². The lowest BCUT2D eigenvalue weighted by molar-refractivity contribution is -0.210. The summed E-state index contributed by atoms with van der Waals surface area (Å²) in [4.78, 5) is 12.2. The normalized spacial score (nSPS) is 57.0. The van der Waals surface area contributed by atoms with Crippen LogP contribution in [0.1, 0.15) is 78.6 Å². The molecule has 3 heteroatoms. The molecule has 4 rings (SSSR count). The lowest BCUT2D eigenvalue weighted by Crippen LogP contribution is -2.62. The molecule has 0 unspecified atom stereocenters. The summed E-state index contributed by atoms with van der Waals surface area (Å²) in [5.41, 5.74) is -0.610. The molecule has 0 amide bonds. The Labute approximate surface area is 146 Å². The van der Waals surface area contributed by atoms with Crippen molar-refractivity contribution in [3.8, 4) is 0 Å². The highest BCUT2D eigenvalue weighted by Crippen LogP contribution is 2.69. The van der Waals surface area contributed by atoms with Crippen molar-refractivity contribution < 1.29 is 15.0 Å². The van der Waals surface area contributed by atoms with E-state index in [4.69, 9.17) is 0 Å². The maximum absolute atomic E-state index is 12.2. The zero-order chi connectivity index (χ0) is 17.3.